The van der Waals surface area contributed by atoms with E-state index in [0.717, 1.165) is 0 Å². The minimum atomic E-state index is -4.42. The van der Waals surface area contributed by atoms with Gasteiger partial charge in [-0.3, -0.25) is 4.79 Å². The summed E-state index contributed by atoms with van der Waals surface area (Å²) in [4.78, 5) is 11.4. The van der Waals surface area contributed by atoms with Crippen LogP contribution in [-0.4, -0.2) is 24.7 Å². The summed E-state index contributed by atoms with van der Waals surface area (Å²) >= 11 is 9.01. The van der Waals surface area contributed by atoms with E-state index in [9.17, 15) is 18.0 Å². The molecule has 106 valence electrons. The zero-order chi connectivity index (χ0) is 14.6. The second-order valence-corrected chi connectivity index (χ2v) is 5.09. The minimum absolute atomic E-state index is 0.500. The van der Waals surface area contributed by atoms with Crippen molar-refractivity contribution < 1.29 is 18.0 Å². The standard InChI is InChI=1S/C11H11BrClF3N2O/c1-6(10(19)17-5-11(14,15)16)18-7-2-3-9(13)8(12)4-7/h2-4,6,18H,5H2,1H3,(H,17,19). The normalized spacial score (nSPS) is 12.9. The summed E-state index contributed by atoms with van der Waals surface area (Å²) in [5, 5.41) is 5.08. The van der Waals surface area contributed by atoms with Gasteiger partial charge in [-0.2, -0.15) is 13.2 Å². The van der Waals surface area contributed by atoms with Gasteiger partial charge in [0.15, 0.2) is 0 Å². The van der Waals surface area contributed by atoms with Crippen molar-refractivity contribution in [2.24, 2.45) is 0 Å². The maximum absolute atomic E-state index is 11.9. The van der Waals surface area contributed by atoms with Crippen molar-refractivity contribution >= 4 is 39.1 Å². The summed E-state index contributed by atoms with van der Waals surface area (Å²) in [6, 6.07) is 4.07. The van der Waals surface area contributed by atoms with Crippen LogP contribution in [0, 0.1) is 0 Å². The van der Waals surface area contributed by atoms with Gasteiger partial charge in [0, 0.05) is 10.2 Å². The zero-order valence-corrected chi connectivity index (χ0v) is 12.2. The largest absolute Gasteiger partial charge is 0.405 e. The van der Waals surface area contributed by atoms with E-state index in [0.29, 0.717) is 15.2 Å². The molecule has 3 nitrogen and oxygen atoms in total. The van der Waals surface area contributed by atoms with Crippen LogP contribution in [0.25, 0.3) is 0 Å². The van der Waals surface area contributed by atoms with Gasteiger partial charge >= 0.3 is 6.18 Å². The number of benzene rings is 1. The molecule has 0 radical (unpaired) electrons. The Bertz CT molecular complexity index is 468. The van der Waals surface area contributed by atoms with Crippen molar-refractivity contribution in [3.05, 3.63) is 27.7 Å². The fourth-order valence-corrected chi connectivity index (χ4v) is 1.74. The lowest BCUT2D eigenvalue weighted by atomic mass is 10.2. The zero-order valence-electron chi connectivity index (χ0n) is 9.81. The van der Waals surface area contributed by atoms with Crippen LogP contribution < -0.4 is 10.6 Å². The number of halogens is 5. The third-order valence-electron chi connectivity index (χ3n) is 2.16. The molecule has 0 saturated heterocycles. The summed E-state index contributed by atoms with van der Waals surface area (Å²) < 4.78 is 36.5. The number of rotatable bonds is 4. The van der Waals surface area contributed by atoms with Crippen LogP contribution in [0.3, 0.4) is 0 Å². The van der Waals surface area contributed by atoms with Gasteiger partial charge in [0.05, 0.1) is 5.02 Å². The summed E-state index contributed by atoms with van der Waals surface area (Å²) in [5.74, 6) is -0.733. The lowest BCUT2D eigenvalue weighted by Gasteiger charge is -2.16. The average Bonchev–Trinajstić information content (AvgIpc) is 2.29. The van der Waals surface area contributed by atoms with Crippen LogP contribution in [-0.2, 0) is 4.79 Å². The first-order valence-electron chi connectivity index (χ1n) is 5.25. The van der Waals surface area contributed by atoms with E-state index >= 15 is 0 Å². The molecule has 0 fully saturated rings. The van der Waals surface area contributed by atoms with Crippen LogP contribution >= 0.6 is 27.5 Å². The van der Waals surface area contributed by atoms with Crippen molar-refractivity contribution in [1.82, 2.24) is 5.32 Å². The van der Waals surface area contributed by atoms with E-state index in [1.165, 1.54) is 6.92 Å². The molecule has 1 amide bonds. The molecule has 0 heterocycles. The predicted molar refractivity (Wildman–Crippen MR) is 71.3 cm³/mol. The molecule has 0 spiro atoms. The summed E-state index contributed by atoms with van der Waals surface area (Å²) in [7, 11) is 0. The van der Waals surface area contributed by atoms with Crippen molar-refractivity contribution in [3.63, 3.8) is 0 Å². The average molecular weight is 360 g/mol. The number of nitrogens with one attached hydrogen (secondary N) is 2. The second-order valence-electron chi connectivity index (χ2n) is 3.83. The molecule has 0 saturated carbocycles. The molecular weight excluding hydrogens is 348 g/mol. The Morgan fingerprint density at radius 2 is 2.11 bits per heavy atom. The third kappa shape index (κ3) is 5.69. The van der Waals surface area contributed by atoms with Gasteiger partial charge in [0.2, 0.25) is 5.91 Å². The molecule has 8 heteroatoms. The molecule has 2 N–H and O–H groups in total. The van der Waals surface area contributed by atoms with Gasteiger partial charge in [-0.15, -0.1) is 0 Å². The number of amides is 1. The number of hydrogen-bond donors (Lipinski definition) is 2. The van der Waals surface area contributed by atoms with Crippen molar-refractivity contribution in [3.8, 4) is 0 Å². The highest BCUT2D eigenvalue weighted by Gasteiger charge is 2.28. The summed E-state index contributed by atoms with van der Waals surface area (Å²) in [6.07, 6.45) is -4.42. The van der Waals surface area contributed by atoms with Crippen molar-refractivity contribution in [2.75, 3.05) is 11.9 Å². The van der Waals surface area contributed by atoms with Gasteiger partial charge in [0.25, 0.3) is 0 Å². The number of alkyl halides is 3. The van der Waals surface area contributed by atoms with E-state index in [1.54, 1.807) is 23.5 Å². The topological polar surface area (TPSA) is 41.1 Å². The van der Waals surface area contributed by atoms with E-state index in [2.05, 4.69) is 21.2 Å². The fraction of sp³-hybridized carbons (Fsp3) is 0.364. The lowest BCUT2D eigenvalue weighted by Crippen LogP contribution is -2.42. The molecule has 1 atom stereocenters. The van der Waals surface area contributed by atoms with Gasteiger partial charge < -0.3 is 10.6 Å². The van der Waals surface area contributed by atoms with Crippen LogP contribution in [0.5, 0.6) is 0 Å². The molecule has 1 unspecified atom stereocenters. The smallest absolute Gasteiger partial charge is 0.374 e. The molecule has 1 aromatic rings. The Kier molecular flexibility index (Phi) is 5.49. The first kappa shape index (κ1) is 16.1. The number of anilines is 1. The molecule has 0 aromatic heterocycles. The van der Waals surface area contributed by atoms with Gasteiger partial charge in [0.1, 0.15) is 12.6 Å². The Morgan fingerprint density at radius 3 is 2.63 bits per heavy atom. The SMILES string of the molecule is CC(Nc1ccc(Cl)c(Br)c1)C(=O)NCC(F)(F)F. The minimum Gasteiger partial charge on any atom is -0.374 e. The number of hydrogen-bond acceptors (Lipinski definition) is 2. The Hall–Kier alpha value is -0.950. The molecule has 1 rings (SSSR count). The number of carbonyl (C=O) groups excluding carboxylic acids is 1. The molecular formula is C11H11BrClF3N2O. The first-order valence-corrected chi connectivity index (χ1v) is 6.42. The highest BCUT2D eigenvalue weighted by Crippen LogP contribution is 2.25. The molecule has 1 aromatic carbocycles. The molecule has 0 aliphatic carbocycles. The van der Waals surface area contributed by atoms with Crippen LogP contribution in [0.15, 0.2) is 22.7 Å². The van der Waals surface area contributed by atoms with Crippen LogP contribution in [0.1, 0.15) is 6.92 Å². The van der Waals surface area contributed by atoms with Gasteiger partial charge in [-0.25, -0.2) is 0 Å². The van der Waals surface area contributed by atoms with Crippen molar-refractivity contribution in [1.29, 1.82) is 0 Å². The quantitative estimate of drug-likeness (QED) is 0.863. The maximum atomic E-state index is 11.9. The van der Waals surface area contributed by atoms with Crippen molar-refractivity contribution in [2.45, 2.75) is 19.1 Å². The van der Waals surface area contributed by atoms with E-state index in [1.807, 2.05) is 0 Å². The third-order valence-corrected chi connectivity index (χ3v) is 3.37. The Balaban J connectivity index is 2.56. The van der Waals surface area contributed by atoms with Gasteiger partial charge in [-0.05, 0) is 41.1 Å². The van der Waals surface area contributed by atoms with Crippen LogP contribution in [0.4, 0.5) is 18.9 Å². The molecule has 0 bridgehead atoms. The number of carbonyl (C=O) groups is 1. The highest BCUT2D eigenvalue weighted by molar-refractivity contribution is 9.10. The van der Waals surface area contributed by atoms with E-state index in [4.69, 9.17) is 11.6 Å². The van der Waals surface area contributed by atoms with E-state index < -0.39 is 24.7 Å². The lowest BCUT2D eigenvalue weighted by molar-refractivity contribution is -0.138. The Morgan fingerprint density at radius 1 is 1.47 bits per heavy atom. The molecule has 0 aliphatic rings. The monoisotopic (exact) mass is 358 g/mol. The maximum Gasteiger partial charge on any atom is 0.405 e. The summed E-state index contributed by atoms with van der Waals surface area (Å²) in [6.45, 7) is 0.121. The predicted octanol–water partition coefficient (Wildman–Crippen LogP) is 3.58. The van der Waals surface area contributed by atoms with E-state index in [-0.39, 0.29) is 0 Å². The Labute approximate surface area is 121 Å². The summed E-state index contributed by atoms with van der Waals surface area (Å²) in [5.41, 5.74) is 0.575. The second kappa shape index (κ2) is 6.47. The molecule has 19 heavy (non-hydrogen) atoms. The first-order chi connectivity index (χ1) is 8.69. The van der Waals surface area contributed by atoms with Crippen LogP contribution in [0.2, 0.25) is 5.02 Å². The van der Waals surface area contributed by atoms with Gasteiger partial charge in [-0.1, -0.05) is 11.6 Å². The molecule has 0 aliphatic heterocycles. The fourth-order valence-electron chi connectivity index (χ4n) is 1.24. The highest BCUT2D eigenvalue weighted by atomic mass is 79.9.